The minimum Gasteiger partial charge on any atom is -0.364 e. The molecule has 2 aliphatic heterocycles. The zero-order valence-electron chi connectivity index (χ0n) is 27.2. The number of benzene rings is 1. The molecule has 3 N–H and O–H groups in total. The number of rotatable bonds is 10. The second-order valence-corrected chi connectivity index (χ2v) is 12.6. The number of pyridine rings is 1. The van der Waals surface area contributed by atoms with E-state index in [4.69, 9.17) is 5.10 Å². The highest BCUT2D eigenvalue weighted by molar-refractivity contribution is 6.01. The summed E-state index contributed by atoms with van der Waals surface area (Å²) in [5.74, 6) is -0.165. The normalized spacial score (nSPS) is 17.4. The zero-order valence-corrected chi connectivity index (χ0v) is 27.2. The smallest absolute Gasteiger partial charge is 0.273 e. The Morgan fingerprint density at radius 1 is 1.02 bits per heavy atom. The molecule has 3 aromatic heterocycles. The van der Waals surface area contributed by atoms with Crippen molar-refractivity contribution in [1.82, 2.24) is 34.8 Å². The molecule has 1 aromatic carbocycles. The Kier molecular flexibility index (Phi) is 8.00. The molecule has 0 bridgehead atoms. The van der Waals surface area contributed by atoms with Crippen molar-refractivity contribution >= 4 is 34.7 Å². The van der Waals surface area contributed by atoms with E-state index >= 15 is 0 Å². The molecule has 1 aliphatic carbocycles. The van der Waals surface area contributed by atoms with Crippen LogP contribution in [0.1, 0.15) is 66.9 Å². The summed E-state index contributed by atoms with van der Waals surface area (Å²) in [4.78, 5) is 42.6. The molecule has 1 saturated carbocycles. The lowest BCUT2D eigenvalue weighted by atomic mass is 9.91. The maximum absolute atomic E-state index is 12.8. The summed E-state index contributed by atoms with van der Waals surface area (Å²) in [6, 6.07) is 11.9. The fourth-order valence-electron chi connectivity index (χ4n) is 6.83. The molecule has 13 nitrogen and oxygen atoms in total. The number of fused-ring (bicyclic) bond motifs is 3. The molecular weight excluding hydrogens is 596 g/mol. The first-order valence-electron chi connectivity index (χ1n) is 16.3. The predicted molar refractivity (Wildman–Crippen MR) is 180 cm³/mol. The van der Waals surface area contributed by atoms with Crippen molar-refractivity contribution in [1.29, 1.82) is 0 Å². The number of carbonyl (C=O) groups excluding carboxylic acids is 2. The van der Waals surface area contributed by atoms with Crippen molar-refractivity contribution < 1.29 is 9.59 Å². The van der Waals surface area contributed by atoms with Crippen LogP contribution in [0.15, 0.2) is 53.6 Å². The second kappa shape index (κ2) is 12.3. The van der Waals surface area contributed by atoms with Crippen LogP contribution in [0.5, 0.6) is 0 Å². The third kappa shape index (κ3) is 5.54. The summed E-state index contributed by atoms with van der Waals surface area (Å²) in [6.45, 7) is 7.09. The molecule has 47 heavy (non-hydrogen) atoms. The van der Waals surface area contributed by atoms with E-state index in [0.29, 0.717) is 24.6 Å². The van der Waals surface area contributed by atoms with E-state index in [-0.39, 0.29) is 41.1 Å². The minimum atomic E-state index is -0.383. The third-order valence-corrected chi connectivity index (χ3v) is 9.50. The summed E-state index contributed by atoms with van der Waals surface area (Å²) in [5.41, 5.74) is 6.56. The van der Waals surface area contributed by atoms with Crippen LogP contribution in [0.25, 0.3) is 11.1 Å². The Labute approximate surface area is 273 Å². The van der Waals surface area contributed by atoms with Gasteiger partial charge in [-0.3, -0.25) is 24.0 Å². The monoisotopic (exact) mass is 636 g/mol. The van der Waals surface area contributed by atoms with Gasteiger partial charge in [-0.25, -0.2) is 0 Å². The van der Waals surface area contributed by atoms with Gasteiger partial charge in [0, 0.05) is 75.1 Å². The minimum absolute atomic E-state index is 0.00776. The SMILES string of the molecule is CC[C@H]1c2c(cnn2C2CN(Cc3cccn(CC)c3=O)C2)-c2cccc(Nc3cc(NC(=O)C4CC4)nnc3C(=O)NC)c2N1C. The molecule has 1 saturated heterocycles. The molecule has 13 heteroatoms. The summed E-state index contributed by atoms with van der Waals surface area (Å²) in [5, 5.41) is 22.1. The van der Waals surface area contributed by atoms with Gasteiger partial charge in [-0.15, -0.1) is 10.2 Å². The van der Waals surface area contributed by atoms with Gasteiger partial charge >= 0.3 is 0 Å². The van der Waals surface area contributed by atoms with Gasteiger partial charge in [-0.1, -0.05) is 25.1 Å². The third-order valence-electron chi connectivity index (χ3n) is 9.50. The van der Waals surface area contributed by atoms with Crippen molar-refractivity contribution in [3.63, 3.8) is 0 Å². The maximum Gasteiger partial charge on any atom is 0.273 e. The number of likely N-dealkylation sites (tertiary alicyclic amines) is 1. The highest BCUT2D eigenvalue weighted by Crippen LogP contribution is 2.50. The number of nitrogens with zero attached hydrogens (tertiary/aromatic N) is 7. The lowest BCUT2D eigenvalue weighted by molar-refractivity contribution is -0.117. The van der Waals surface area contributed by atoms with Gasteiger partial charge < -0.3 is 25.4 Å². The molecule has 2 amide bonds. The van der Waals surface area contributed by atoms with Gasteiger partial charge in [0.25, 0.3) is 11.5 Å². The number of hydrogen-bond acceptors (Lipinski definition) is 9. The van der Waals surface area contributed by atoms with Gasteiger partial charge in [0.05, 0.1) is 41.0 Å². The van der Waals surface area contributed by atoms with Crippen molar-refractivity contribution in [3.8, 4) is 11.1 Å². The standard InChI is InChI=1S/C34H40N10O3/c1-5-27-31-24(16-36-44(31)22-18-42(19-22)17-21-9-8-14-43(6-2)34(21)47)23-10-7-11-25(30(23)41(27)4)37-26-15-28(38-32(45)20-12-13-20)39-40-29(26)33(46)35-3/h7-11,14-16,20,22,27H,5-6,12-13,17-19H2,1-4H3,(H,35,46)(H2,37,38,39,45)/t27-/m0/s1. The van der Waals surface area contributed by atoms with Crippen LogP contribution in [0.4, 0.5) is 22.9 Å². The molecule has 0 spiro atoms. The maximum atomic E-state index is 12.8. The van der Waals surface area contributed by atoms with E-state index in [1.165, 1.54) is 5.69 Å². The van der Waals surface area contributed by atoms with E-state index in [2.05, 4.69) is 60.7 Å². The number of para-hydroxylation sites is 1. The van der Waals surface area contributed by atoms with Crippen LogP contribution in [0.2, 0.25) is 0 Å². The van der Waals surface area contributed by atoms with Gasteiger partial charge in [0.2, 0.25) is 5.91 Å². The summed E-state index contributed by atoms with van der Waals surface area (Å²) < 4.78 is 3.93. The van der Waals surface area contributed by atoms with Crippen LogP contribution in [-0.4, -0.2) is 68.4 Å². The Morgan fingerprint density at radius 3 is 2.55 bits per heavy atom. The summed E-state index contributed by atoms with van der Waals surface area (Å²) in [6.07, 6.45) is 6.39. The molecular formula is C34H40N10O3. The van der Waals surface area contributed by atoms with E-state index in [1.807, 2.05) is 43.6 Å². The number of nitrogens with one attached hydrogen (secondary N) is 3. The molecule has 2 fully saturated rings. The van der Waals surface area contributed by atoms with Crippen LogP contribution in [0.3, 0.4) is 0 Å². The number of aromatic nitrogens is 5. The number of aryl methyl sites for hydroxylation is 1. The van der Waals surface area contributed by atoms with Gasteiger partial charge in [-0.05, 0) is 38.3 Å². The van der Waals surface area contributed by atoms with Crippen LogP contribution < -0.4 is 26.4 Å². The average Bonchev–Trinajstić information content (AvgIpc) is 3.83. The van der Waals surface area contributed by atoms with E-state index in [0.717, 1.165) is 60.4 Å². The molecule has 244 valence electrons. The first kappa shape index (κ1) is 30.6. The lowest BCUT2D eigenvalue weighted by Gasteiger charge is -2.43. The lowest BCUT2D eigenvalue weighted by Crippen LogP contribution is -2.49. The van der Waals surface area contributed by atoms with E-state index in [1.54, 1.807) is 17.7 Å². The summed E-state index contributed by atoms with van der Waals surface area (Å²) in [7, 11) is 3.64. The first-order chi connectivity index (χ1) is 22.8. The van der Waals surface area contributed by atoms with Crippen molar-refractivity contribution in [3.05, 3.63) is 76.1 Å². The van der Waals surface area contributed by atoms with Gasteiger partial charge in [0.15, 0.2) is 11.5 Å². The first-order valence-corrected chi connectivity index (χ1v) is 16.3. The topological polar surface area (TPSA) is 142 Å². The molecule has 0 unspecified atom stereocenters. The number of hydrogen-bond donors (Lipinski definition) is 3. The van der Waals surface area contributed by atoms with E-state index < -0.39 is 0 Å². The second-order valence-electron chi connectivity index (χ2n) is 12.6. The Morgan fingerprint density at radius 2 is 1.83 bits per heavy atom. The number of anilines is 4. The van der Waals surface area contributed by atoms with Crippen molar-refractivity contribution in [2.75, 3.05) is 42.7 Å². The average molecular weight is 637 g/mol. The molecule has 3 aliphatic rings. The van der Waals surface area contributed by atoms with Crippen molar-refractivity contribution in [2.45, 2.75) is 58.3 Å². The quantitative estimate of drug-likeness (QED) is 0.236. The van der Waals surface area contributed by atoms with Crippen molar-refractivity contribution in [2.24, 2.45) is 5.92 Å². The Bertz CT molecular complexity index is 1910. The fourth-order valence-corrected chi connectivity index (χ4v) is 6.83. The van der Waals surface area contributed by atoms with Crippen LogP contribution in [-0.2, 0) is 17.9 Å². The van der Waals surface area contributed by atoms with Crippen LogP contribution >= 0.6 is 0 Å². The van der Waals surface area contributed by atoms with Crippen LogP contribution in [0, 0.1) is 5.92 Å². The molecule has 1 atom stereocenters. The number of carbonyl (C=O) groups is 2. The van der Waals surface area contributed by atoms with Gasteiger partial charge in [0.1, 0.15) is 0 Å². The van der Waals surface area contributed by atoms with Gasteiger partial charge in [-0.2, -0.15) is 5.10 Å². The largest absolute Gasteiger partial charge is 0.364 e. The molecule has 4 aromatic rings. The molecule has 0 radical (unpaired) electrons. The predicted octanol–water partition coefficient (Wildman–Crippen LogP) is 3.93. The zero-order chi connectivity index (χ0) is 32.8. The summed E-state index contributed by atoms with van der Waals surface area (Å²) >= 11 is 0. The molecule has 7 rings (SSSR count). The fraction of sp³-hybridized carbons (Fsp3) is 0.412. The Balaban J connectivity index is 1.18. The molecule has 5 heterocycles. The Hall–Kier alpha value is -5.04. The number of amides is 2. The van der Waals surface area contributed by atoms with E-state index in [9.17, 15) is 14.4 Å². The highest BCUT2D eigenvalue weighted by atomic mass is 16.2. The highest BCUT2D eigenvalue weighted by Gasteiger charge is 2.38.